The number of rotatable bonds is 5. The van der Waals surface area contributed by atoms with E-state index in [-0.39, 0.29) is 17.7 Å². The molecular formula is C17H19N3O3S. The highest BCUT2D eigenvalue weighted by atomic mass is 32.1. The van der Waals surface area contributed by atoms with Crippen molar-refractivity contribution < 1.29 is 14.3 Å². The van der Waals surface area contributed by atoms with Gasteiger partial charge in [0.25, 0.3) is 0 Å². The molecule has 0 radical (unpaired) electrons. The van der Waals surface area contributed by atoms with Crippen molar-refractivity contribution in [3.05, 3.63) is 18.2 Å². The summed E-state index contributed by atoms with van der Waals surface area (Å²) in [4.78, 5) is 30.7. The second kappa shape index (κ2) is 6.05. The van der Waals surface area contributed by atoms with Gasteiger partial charge in [0.1, 0.15) is 5.75 Å². The lowest BCUT2D eigenvalue weighted by molar-refractivity contribution is -0.128. The molecule has 1 atom stereocenters. The molecule has 1 saturated heterocycles. The van der Waals surface area contributed by atoms with E-state index in [2.05, 4.69) is 10.3 Å². The van der Waals surface area contributed by atoms with Gasteiger partial charge in [-0.05, 0) is 38.0 Å². The average molecular weight is 345 g/mol. The van der Waals surface area contributed by atoms with E-state index < -0.39 is 0 Å². The predicted octanol–water partition coefficient (Wildman–Crippen LogP) is 2.64. The molecule has 24 heavy (non-hydrogen) atoms. The molecule has 4 rings (SSSR count). The van der Waals surface area contributed by atoms with Gasteiger partial charge in [-0.2, -0.15) is 0 Å². The van der Waals surface area contributed by atoms with Gasteiger partial charge in [0.05, 0.1) is 22.7 Å². The molecule has 0 bridgehead atoms. The number of benzene rings is 1. The van der Waals surface area contributed by atoms with Crippen molar-refractivity contribution in [3.63, 3.8) is 0 Å². The number of hydrogen-bond donors (Lipinski definition) is 1. The predicted molar refractivity (Wildman–Crippen MR) is 92.3 cm³/mol. The Hall–Kier alpha value is -2.15. The number of likely N-dealkylation sites (tertiary alicyclic amines) is 1. The van der Waals surface area contributed by atoms with Crippen molar-refractivity contribution in [1.29, 1.82) is 0 Å². The molecule has 2 heterocycles. The highest BCUT2D eigenvalue weighted by Crippen LogP contribution is 2.34. The van der Waals surface area contributed by atoms with Crippen molar-refractivity contribution in [3.8, 4) is 5.75 Å². The Morgan fingerprint density at radius 1 is 1.46 bits per heavy atom. The first kappa shape index (κ1) is 15.4. The monoisotopic (exact) mass is 345 g/mol. The first-order valence-electron chi connectivity index (χ1n) is 8.27. The van der Waals surface area contributed by atoms with Gasteiger partial charge in [-0.1, -0.05) is 11.3 Å². The van der Waals surface area contributed by atoms with Crippen molar-refractivity contribution >= 4 is 38.5 Å². The standard InChI is InChI=1S/C17H19N3O3S/c1-2-23-12-5-6-13-14(8-12)24-17(18-13)19-16(22)10-7-15(21)20(9-10)11-3-4-11/h5-6,8,10-11H,2-4,7,9H2,1H3,(H,18,19,22). The smallest absolute Gasteiger partial charge is 0.231 e. The van der Waals surface area contributed by atoms with Crippen LogP contribution >= 0.6 is 11.3 Å². The minimum absolute atomic E-state index is 0.100. The van der Waals surface area contributed by atoms with E-state index in [1.165, 1.54) is 11.3 Å². The number of nitrogens with zero attached hydrogens (tertiary/aromatic N) is 2. The third-order valence-corrected chi connectivity index (χ3v) is 5.35. The zero-order chi connectivity index (χ0) is 16.7. The van der Waals surface area contributed by atoms with E-state index in [4.69, 9.17) is 4.74 Å². The van der Waals surface area contributed by atoms with Crippen LogP contribution in [0.5, 0.6) is 5.75 Å². The van der Waals surface area contributed by atoms with E-state index in [0.717, 1.165) is 28.8 Å². The molecule has 2 aliphatic rings. The summed E-state index contributed by atoms with van der Waals surface area (Å²) in [6.07, 6.45) is 2.45. The van der Waals surface area contributed by atoms with Gasteiger partial charge in [-0.25, -0.2) is 4.98 Å². The summed E-state index contributed by atoms with van der Waals surface area (Å²) in [5.41, 5.74) is 0.834. The molecule has 7 heteroatoms. The lowest BCUT2D eigenvalue weighted by Gasteiger charge is -2.14. The molecule has 6 nitrogen and oxygen atoms in total. The first-order valence-corrected chi connectivity index (χ1v) is 9.09. The number of thiazole rings is 1. The molecule has 2 amide bonds. The van der Waals surface area contributed by atoms with Crippen LogP contribution in [0.1, 0.15) is 26.2 Å². The second-order valence-electron chi connectivity index (χ2n) is 6.25. The first-order chi connectivity index (χ1) is 11.6. The Bertz CT molecular complexity index is 799. The minimum Gasteiger partial charge on any atom is -0.494 e. The van der Waals surface area contributed by atoms with Crippen LogP contribution in [0.2, 0.25) is 0 Å². The lowest BCUT2D eigenvalue weighted by atomic mass is 10.1. The van der Waals surface area contributed by atoms with E-state index in [1.54, 1.807) is 0 Å². The van der Waals surface area contributed by atoms with Crippen LogP contribution in [-0.4, -0.2) is 40.9 Å². The third-order valence-electron chi connectivity index (χ3n) is 4.42. The van der Waals surface area contributed by atoms with Gasteiger partial charge in [0, 0.05) is 19.0 Å². The van der Waals surface area contributed by atoms with Crippen LogP contribution in [0, 0.1) is 5.92 Å². The average Bonchev–Trinajstić information content (AvgIpc) is 3.20. The molecule has 1 aromatic heterocycles. The van der Waals surface area contributed by atoms with Gasteiger partial charge in [0.15, 0.2) is 5.13 Å². The molecule has 1 saturated carbocycles. The summed E-state index contributed by atoms with van der Waals surface area (Å²) >= 11 is 1.42. The van der Waals surface area contributed by atoms with Gasteiger partial charge in [-0.3, -0.25) is 9.59 Å². The summed E-state index contributed by atoms with van der Waals surface area (Å²) in [5.74, 6) is 0.510. The van der Waals surface area contributed by atoms with E-state index in [1.807, 2.05) is 30.0 Å². The van der Waals surface area contributed by atoms with Crippen LogP contribution in [0.3, 0.4) is 0 Å². The summed E-state index contributed by atoms with van der Waals surface area (Å²) in [5, 5.41) is 3.44. The lowest BCUT2D eigenvalue weighted by Crippen LogP contribution is -2.29. The summed E-state index contributed by atoms with van der Waals surface area (Å²) in [6.45, 7) is 3.09. The maximum atomic E-state index is 12.4. The molecule has 1 aliphatic carbocycles. The van der Waals surface area contributed by atoms with Gasteiger partial charge >= 0.3 is 0 Å². The molecule has 1 aromatic carbocycles. The van der Waals surface area contributed by atoms with Crippen molar-refractivity contribution in [2.24, 2.45) is 5.92 Å². The molecule has 0 spiro atoms. The molecule has 2 aromatic rings. The Morgan fingerprint density at radius 2 is 2.29 bits per heavy atom. The van der Waals surface area contributed by atoms with E-state index in [0.29, 0.717) is 30.7 Å². The highest BCUT2D eigenvalue weighted by molar-refractivity contribution is 7.22. The number of ether oxygens (including phenoxy) is 1. The molecule has 2 fully saturated rings. The van der Waals surface area contributed by atoms with Gasteiger partial charge < -0.3 is 15.0 Å². The molecule has 1 aliphatic heterocycles. The maximum Gasteiger partial charge on any atom is 0.231 e. The Kier molecular flexibility index (Phi) is 3.88. The maximum absolute atomic E-state index is 12.4. The number of aromatic nitrogens is 1. The van der Waals surface area contributed by atoms with Crippen LogP contribution in [-0.2, 0) is 9.59 Å². The Labute approximate surface area is 143 Å². The zero-order valence-corrected chi connectivity index (χ0v) is 14.3. The Morgan fingerprint density at radius 3 is 3.04 bits per heavy atom. The van der Waals surface area contributed by atoms with E-state index >= 15 is 0 Å². The van der Waals surface area contributed by atoms with Crippen LogP contribution < -0.4 is 10.1 Å². The SMILES string of the molecule is CCOc1ccc2nc(NC(=O)C3CC(=O)N(C4CC4)C3)sc2c1. The molecular weight excluding hydrogens is 326 g/mol. The van der Waals surface area contributed by atoms with Crippen molar-refractivity contribution in [2.45, 2.75) is 32.2 Å². The Balaban J connectivity index is 1.45. The number of nitrogens with one attached hydrogen (secondary N) is 1. The van der Waals surface area contributed by atoms with Crippen LogP contribution in [0.15, 0.2) is 18.2 Å². The quantitative estimate of drug-likeness (QED) is 0.904. The normalized spacial score (nSPS) is 20.6. The number of anilines is 1. The van der Waals surface area contributed by atoms with Gasteiger partial charge in [-0.15, -0.1) is 0 Å². The zero-order valence-electron chi connectivity index (χ0n) is 13.4. The third kappa shape index (κ3) is 2.96. The fourth-order valence-electron chi connectivity index (χ4n) is 3.07. The minimum atomic E-state index is -0.274. The fraction of sp³-hybridized carbons (Fsp3) is 0.471. The number of carbonyl (C=O) groups excluding carboxylic acids is 2. The number of hydrogen-bond acceptors (Lipinski definition) is 5. The summed E-state index contributed by atoms with van der Waals surface area (Å²) < 4.78 is 6.46. The second-order valence-corrected chi connectivity index (χ2v) is 7.28. The van der Waals surface area contributed by atoms with Crippen molar-refractivity contribution in [1.82, 2.24) is 9.88 Å². The van der Waals surface area contributed by atoms with Crippen molar-refractivity contribution in [2.75, 3.05) is 18.5 Å². The molecule has 1 unspecified atom stereocenters. The summed E-state index contributed by atoms with van der Waals surface area (Å²) in [6, 6.07) is 6.07. The highest BCUT2D eigenvalue weighted by Gasteiger charge is 2.41. The number of amides is 2. The molecule has 1 N–H and O–H groups in total. The van der Waals surface area contributed by atoms with Crippen LogP contribution in [0.4, 0.5) is 5.13 Å². The number of carbonyl (C=O) groups is 2. The number of fused-ring (bicyclic) bond motifs is 1. The topological polar surface area (TPSA) is 71.5 Å². The van der Waals surface area contributed by atoms with Gasteiger partial charge in [0.2, 0.25) is 11.8 Å². The summed E-state index contributed by atoms with van der Waals surface area (Å²) in [7, 11) is 0. The largest absolute Gasteiger partial charge is 0.494 e. The fourth-order valence-corrected chi connectivity index (χ4v) is 3.97. The molecule has 126 valence electrons. The van der Waals surface area contributed by atoms with Crippen LogP contribution in [0.25, 0.3) is 10.2 Å². The van der Waals surface area contributed by atoms with E-state index in [9.17, 15) is 9.59 Å².